The maximum Gasteiger partial charge on any atom is 0.343 e. The van der Waals surface area contributed by atoms with Gasteiger partial charge in [0.2, 0.25) is 0 Å². The van der Waals surface area contributed by atoms with E-state index in [1.807, 2.05) is 20.0 Å². The summed E-state index contributed by atoms with van der Waals surface area (Å²) in [5.41, 5.74) is 1.03. The number of hydrogen-bond acceptors (Lipinski definition) is 4. The van der Waals surface area contributed by atoms with Gasteiger partial charge in [0.05, 0.1) is 0 Å². The van der Waals surface area contributed by atoms with E-state index >= 15 is 0 Å². The Morgan fingerprint density at radius 2 is 2.29 bits per heavy atom. The predicted octanol–water partition coefficient (Wildman–Crippen LogP) is 3.18. The molecule has 5 nitrogen and oxygen atoms in total. The molecule has 2 N–H and O–H groups in total. The van der Waals surface area contributed by atoms with Crippen LogP contribution in [0.1, 0.15) is 31.9 Å². The minimum absolute atomic E-state index is 0.155. The van der Waals surface area contributed by atoms with Crippen molar-refractivity contribution in [3.63, 3.8) is 0 Å². The molecule has 1 heterocycles. The highest BCUT2D eigenvalue weighted by Gasteiger charge is 2.15. The van der Waals surface area contributed by atoms with Gasteiger partial charge in [-0.25, -0.2) is 9.89 Å². The number of aromatic amines is 1. The lowest BCUT2D eigenvalue weighted by Gasteiger charge is -2.15. The van der Waals surface area contributed by atoms with E-state index in [0.29, 0.717) is 11.7 Å². The molecule has 0 radical (unpaired) electrons. The van der Waals surface area contributed by atoms with Gasteiger partial charge in [0.1, 0.15) is 0 Å². The summed E-state index contributed by atoms with van der Waals surface area (Å²) in [4.78, 5) is 12.9. The number of benzene rings is 1. The molecular weight excluding hydrogens is 352 g/mol. The van der Waals surface area contributed by atoms with Crippen LogP contribution in [0.2, 0.25) is 0 Å². The van der Waals surface area contributed by atoms with Gasteiger partial charge in [-0.05, 0) is 49.9 Å². The molecule has 0 aliphatic heterocycles. The molecule has 0 saturated heterocycles. The Hall–Kier alpha value is -1.05. The van der Waals surface area contributed by atoms with Crippen LogP contribution in [0.25, 0.3) is 0 Å². The van der Waals surface area contributed by atoms with E-state index in [0.717, 1.165) is 15.8 Å². The third-order valence-corrected chi connectivity index (χ3v) is 4.81. The number of halogens is 1. The molecule has 1 aromatic heterocycles. The highest BCUT2D eigenvalue weighted by Crippen LogP contribution is 2.34. The van der Waals surface area contributed by atoms with E-state index in [-0.39, 0.29) is 11.7 Å². The summed E-state index contributed by atoms with van der Waals surface area (Å²) in [7, 11) is 1.93. The third-order valence-electron chi connectivity index (χ3n) is 3.25. The Balaban J connectivity index is 2.39. The predicted molar refractivity (Wildman–Crippen MR) is 88.9 cm³/mol. The van der Waals surface area contributed by atoms with Crippen molar-refractivity contribution in [2.75, 3.05) is 7.05 Å². The van der Waals surface area contributed by atoms with E-state index in [4.69, 9.17) is 0 Å². The first-order chi connectivity index (χ1) is 10.1. The Morgan fingerprint density at radius 3 is 2.95 bits per heavy atom. The fraction of sp³-hybridized carbons (Fsp3) is 0.429. The minimum atomic E-state index is -0.155. The summed E-state index contributed by atoms with van der Waals surface area (Å²) in [6, 6.07) is 6.40. The maximum absolute atomic E-state index is 11.8. The smallest absolute Gasteiger partial charge is 0.313 e. The molecule has 0 fully saturated rings. The van der Waals surface area contributed by atoms with Crippen LogP contribution in [0, 0.1) is 0 Å². The molecule has 21 heavy (non-hydrogen) atoms. The lowest BCUT2D eigenvalue weighted by molar-refractivity contribution is 0.603. The van der Waals surface area contributed by atoms with E-state index in [2.05, 4.69) is 50.5 Å². The lowest BCUT2D eigenvalue weighted by Crippen LogP contribution is -2.17. The highest BCUT2D eigenvalue weighted by molar-refractivity contribution is 9.10. The highest BCUT2D eigenvalue weighted by atomic mass is 79.9. The standard InChI is InChI=1S/C14H19BrN4OS/c1-4-7-19-13(20)17-18-14(19)21-12-8-10(15)5-6-11(12)9(2)16-3/h5-6,8-9,16H,4,7H2,1-3H3,(H,17,20). The summed E-state index contributed by atoms with van der Waals surface area (Å²) in [6.07, 6.45) is 0.894. The molecule has 0 aliphatic carbocycles. The molecule has 0 spiro atoms. The monoisotopic (exact) mass is 370 g/mol. The average molecular weight is 371 g/mol. The van der Waals surface area contributed by atoms with Crippen molar-refractivity contribution in [2.45, 2.75) is 42.9 Å². The first kappa shape index (κ1) is 16.3. The van der Waals surface area contributed by atoms with Crippen molar-refractivity contribution in [2.24, 2.45) is 0 Å². The number of H-pyrrole nitrogens is 1. The van der Waals surface area contributed by atoms with Crippen LogP contribution in [0.3, 0.4) is 0 Å². The van der Waals surface area contributed by atoms with Crippen LogP contribution < -0.4 is 11.0 Å². The van der Waals surface area contributed by atoms with Crippen LogP contribution in [-0.2, 0) is 6.54 Å². The summed E-state index contributed by atoms with van der Waals surface area (Å²) < 4.78 is 2.69. The Kier molecular flexibility index (Phi) is 5.66. The zero-order valence-electron chi connectivity index (χ0n) is 12.3. The largest absolute Gasteiger partial charge is 0.343 e. The second-order valence-corrected chi connectivity index (χ2v) is 6.68. The van der Waals surface area contributed by atoms with Gasteiger partial charge in [-0.1, -0.05) is 28.9 Å². The number of hydrogen-bond donors (Lipinski definition) is 2. The first-order valence-electron chi connectivity index (χ1n) is 6.86. The van der Waals surface area contributed by atoms with E-state index < -0.39 is 0 Å². The van der Waals surface area contributed by atoms with Gasteiger partial charge in [0.15, 0.2) is 5.16 Å². The number of rotatable bonds is 6. The van der Waals surface area contributed by atoms with Crippen molar-refractivity contribution in [1.29, 1.82) is 0 Å². The van der Waals surface area contributed by atoms with Crippen molar-refractivity contribution >= 4 is 27.7 Å². The van der Waals surface area contributed by atoms with Gasteiger partial charge < -0.3 is 5.32 Å². The maximum atomic E-state index is 11.8. The molecular formula is C14H19BrN4OS. The Labute approximate surface area is 136 Å². The normalized spacial score (nSPS) is 12.6. The quantitative estimate of drug-likeness (QED) is 0.819. The second kappa shape index (κ2) is 7.29. The fourth-order valence-electron chi connectivity index (χ4n) is 2.01. The van der Waals surface area contributed by atoms with E-state index in [9.17, 15) is 4.79 Å². The van der Waals surface area contributed by atoms with Crippen molar-refractivity contribution in [1.82, 2.24) is 20.1 Å². The first-order valence-corrected chi connectivity index (χ1v) is 8.47. The lowest BCUT2D eigenvalue weighted by atomic mass is 10.1. The van der Waals surface area contributed by atoms with Crippen LogP contribution in [0.15, 0.2) is 37.5 Å². The van der Waals surface area contributed by atoms with Crippen molar-refractivity contribution < 1.29 is 0 Å². The number of nitrogens with one attached hydrogen (secondary N) is 2. The molecule has 1 unspecified atom stereocenters. The molecule has 2 rings (SSSR count). The van der Waals surface area contributed by atoms with Crippen LogP contribution in [0.4, 0.5) is 0 Å². The fourth-order valence-corrected chi connectivity index (χ4v) is 3.64. The number of nitrogens with zero attached hydrogens (tertiary/aromatic N) is 2. The zero-order valence-corrected chi connectivity index (χ0v) is 14.7. The van der Waals surface area contributed by atoms with Gasteiger partial charge in [0.25, 0.3) is 0 Å². The van der Waals surface area contributed by atoms with E-state index in [1.165, 1.54) is 17.3 Å². The van der Waals surface area contributed by atoms with Crippen LogP contribution >= 0.6 is 27.7 Å². The van der Waals surface area contributed by atoms with Crippen molar-refractivity contribution in [3.8, 4) is 0 Å². The topological polar surface area (TPSA) is 62.7 Å². The van der Waals surface area contributed by atoms with E-state index in [1.54, 1.807) is 4.57 Å². The van der Waals surface area contributed by atoms with Gasteiger partial charge in [0, 0.05) is 22.0 Å². The summed E-state index contributed by atoms with van der Waals surface area (Å²) >= 11 is 5.01. The summed E-state index contributed by atoms with van der Waals surface area (Å²) in [5, 5.41) is 10.6. The molecule has 7 heteroatoms. The SMILES string of the molecule is CCCn1c(Sc2cc(Br)ccc2C(C)NC)n[nH]c1=O. The molecule has 0 aliphatic rings. The summed E-state index contributed by atoms with van der Waals surface area (Å²) in [5.74, 6) is 0. The Morgan fingerprint density at radius 1 is 1.52 bits per heavy atom. The van der Waals surface area contributed by atoms with Gasteiger partial charge in [-0.3, -0.25) is 4.57 Å². The molecule has 114 valence electrons. The molecule has 0 amide bonds. The molecule has 2 aromatic rings. The van der Waals surface area contributed by atoms with Gasteiger partial charge in [-0.2, -0.15) is 0 Å². The van der Waals surface area contributed by atoms with Gasteiger partial charge >= 0.3 is 5.69 Å². The average Bonchev–Trinajstić information content (AvgIpc) is 2.80. The third kappa shape index (κ3) is 3.78. The molecule has 0 saturated carbocycles. The van der Waals surface area contributed by atoms with Crippen LogP contribution in [0.5, 0.6) is 0 Å². The number of aromatic nitrogens is 3. The molecule has 1 aromatic carbocycles. The minimum Gasteiger partial charge on any atom is -0.313 e. The molecule has 0 bridgehead atoms. The van der Waals surface area contributed by atoms with Crippen molar-refractivity contribution in [3.05, 3.63) is 38.7 Å². The Bertz CT molecular complexity index is 667. The van der Waals surface area contributed by atoms with Gasteiger partial charge in [-0.15, -0.1) is 5.10 Å². The zero-order chi connectivity index (χ0) is 15.4. The van der Waals surface area contributed by atoms with Crippen LogP contribution in [-0.4, -0.2) is 21.8 Å². The summed E-state index contributed by atoms with van der Waals surface area (Å²) in [6.45, 7) is 4.82. The molecule has 1 atom stereocenters. The second-order valence-electron chi connectivity index (χ2n) is 4.76.